The second-order valence-corrected chi connectivity index (χ2v) is 23.1. The predicted molar refractivity (Wildman–Crippen MR) is 305 cm³/mol. The SMILES string of the molecule is CCCN1C[C@H](C(=O)CN)C[C@@H]2c3cccc4[nH]cc(c34)C[C@H]21.CCCN1C[C@H](C(=O)CN)C[C@@H]2c3cccc4[nH]cc(c34)C[C@H]21.CCCN1C[C@H](CNC(=O)CCCC(=O)CN)C[C@@H]2c3cccc4[nH]cc(c34)C[C@H]21. The highest BCUT2D eigenvalue weighted by Gasteiger charge is 2.44. The lowest BCUT2D eigenvalue weighted by Crippen LogP contribution is -2.52. The average Bonchev–Trinajstić information content (AvgIpc) is 4.20. The molecule has 3 aliphatic carbocycles. The molecule has 0 spiro atoms. The highest BCUT2D eigenvalue weighted by Crippen LogP contribution is 2.48. The number of hydrogen-bond acceptors (Lipinski definition) is 10. The molecule has 14 heteroatoms. The van der Waals surface area contributed by atoms with Crippen LogP contribution in [0.3, 0.4) is 0 Å². The third-order valence-corrected chi connectivity index (χ3v) is 18.3. The summed E-state index contributed by atoms with van der Waals surface area (Å²) in [6.45, 7) is 13.8. The first-order valence-corrected chi connectivity index (χ1v) is 29.0. The van der Waals surface area contributed by atoms with Gasteiger partial charge < -0.3 is 37.5 Å². The Labute approximate surface area is 449 Å². The minimum Gasteiger partial charge on any atom is -0.361 e. The van der Waals surface area contributed by atoms with Crippen LogP contribution in [0.15, 0.2) is 73.2 Å². The number of nitrogens with zero attached hydrogens (tertiary/aromatic N) is 3. The van der Waals surface area contributed by atoms with Crippen LogP contribution >= 0.6 is 0 Å². The van der Waals surface area contributed by atoms with E-state index in [2.05, 4.69) is 129 Å². The molecule has 10 N–H and O–H groups in total. The molecule has 6 aromatic rings. The molecule has 1 amide bonds. The van der Waals surface area contributed by atoms with Crippen molar-refractivity contribution in [3.63, 3.8) is 0 Å². The first kappa shape index (κ1) is 53.9. The Morgan fingerprint density at radius 2 is 0.947 bits per heavy atom. The lowest BCUT2D eigenvalue weighted by molar-refractivity contribution is -0.125. The maximum atomic E-state index is 12.3. The zero-order valence-corrected chi connectivity index (χ0v) is 45.4. The third kappa shape index (κ3) is 10.9. The number of Topliss-reactive ketones (excluding diaryl/α,β-unsaturated/α-hetero) is 3. The standard InChI is InChI=1S/C24H34N4O2.2C19H25N3O/c1-2-9-28-15-16(13-27-23(30)8-3-5-18(29)12-25)10-20-19-6-4-7-21-24(19)17(14-26-21)11-22(20)28;2*1-2-6-22-11-13(18(23)9-20)7-15-14-4-3-5-16-19(14)12(10-21-16)8-17(15)22/h4,6-7,14,16,20,22,26H,2-3,5,8-13,15,25H2,1H3,(H,27,30);2*3-5,10,13,15,17,21H,2,6-9,11,20H2,1H3/t16-,20+,22+;2*13-,15-,17-/m011/s1. The third-order valence-electron chi connectivity index (χ3n) is 18.3. The van der Waals surface area contributed by atoms with E-state index < -0.39 is 0 Å². The molecule has 6 aliphatic rings. The van der Waals surface area contributed by atoms with Gasteiger partial charge in [-0.3, -0.25) is 33.9 Å². The lowest BCUT2D eigenvalue weighted by Gasteiger charge is -2.47. The molecule has 3 aromatic carbocycles. The van der Waals surface area contributed by atoms with Crippen molar-refractivity contribution in [1.29, 1.82) is 0 Å². The summed E-state index contributed by atoms with van der Waals surface area (Å²) in [7, 11) is 0. The lowest BCUT2D eigenvalue weighted by atomic mass is 9.71. The number of ketones is 3. The van der Waals surface area contributed by atoms with Gasteiger partial charge in [0.05, 0.1) is 19.6 Å². The predicted octanol–water partition coefficient (Wildman–Crippen LogP) is 7.59. The highest BCUT2D eigenvalue weighted by molar-refractivity contribution is 5.91. The number of piperidine rings is 3. The Bertz CT molecular complexity index is 2880. The summed E-state index contributed by atoms with van der Waals surface area (Å²) in [6, 6.07) is 21.3. The molecule has 0 unspecified atom stereocenters. The number of aromatic nitrogens is 3. The largest absolute Gasteiger partial charge is 0.361 e. The molecule has 3 fully saturated rings. The molecular formula is C62H84N10O4. The molecule has 0 bridgehead atoms. The van der Waals surface area contributed by atoms with Crippen LogP contribution in [-0.2, 0) is 38.4 Å². The van der Waals surface area contributed by atoms with Crippen LogP contribution in [0.1, 0.15) is 130 Å². The number of likely N-dealkylation sites (tertiary alicyclic amines) is 3. The van der Waals surface area contributed by atoms with Crippen LogP contribution in [0.4, 0.5) is 0 Å². The van der Waals surface area contributed by atoms with Crippen molar-refractivity contribution in [3.8, 4) is 0 Å². The summed E-state index contributed by atoms with van der Waals surface area (Å²) in [5.74, 6) is 2.53. The number of carbonyl (C=O) groups excluding carboxylic acids is 4. The molecule has 406 valence electrons. The van der Waals surface area contributed by atoms with Crippen molar-refractivity contribution >= 4 is 56.0 Å². The number of fused-ring (bicyclic) bond motifs is 6. The minimum absolute atomic E-state index is 0.0203. The van der Waals surface area contributed by atoms with Gasteiger partial charge >= 0.3 is 0 Å². The Hall–Kier alpha value is -5.48. The maximum absolute atomic E-state index is 12.3. The maximum Gasteiger partial charge on any atom is 0.220 e. The summed E-state index contributed by atoms with van der Waals surface area (Å²) in [4.78, 5) is 66.1. The topological polar surface area (TPSA) is 215 Å². The van der Waals surface area contributed by atoms with Crippen LogP contribution in [0.5, 0.6) is 0 Å². The second kappa shape index (κ2) is 24.0. The fourth-order valence-corrected chi connectivity index (χ4v) is 15.0. The molecule has 3 aliphatic heterocycles. The number of benzene rings is 3. The number of carbonyl (C=O) groups is 4. The smallest absolute Gasteiger partial charge is 0.220 e. The van der Waals surface area contributed by atoms with Gasteiger partial charge in [0.2, 0.25) is 5.91 Å². The van der Waals surface area contributed by atoms with Gasteiger partial charge in [0.15, 0.2) is 11.6 Å². The van der Waals surface area contributed by atoms with E-state index in [-0.39, 0.29) is 54.7 Å². The van der Waals surface area contributed by atoms with Crippen LogP contribution in [0.25, 0.3) is 32.7 Å². The van der Waals surface area contributed by atoms with Crippen molar-refractivity contribution in [2.75, 3.05) is 65.4 Å². The quantitative estimate of drug-likeness (QED) is 0.0475. The van der Waals surface area contributed by atoms with Gasteiger partial charge in [-0.25, -0.2) is 0 Å². The number of rotatable bonds is 17. The van der Waals surface area contributed by atoms with E-state index in [4.69, 9.17) is 17.2 Å². The Kier molecular flexibility index (Phi) is 17.0. The average molecular weight is 1030 g/mol. The normalized spacial score (nSPS) is 25.6. The number of nitrogens with two attached hydrogens (primary N) is 3. The van der Waals surface area contributed by atoms with Crippen LogP contribution in [0.2, 0.25) is 0 Å². The molecular weight excluding hydrogens is 949 g/mol. The van der Waals surface area contributed by atoms with Crippen molar-refractivity contribution in [3.05, 3.63) is 107 Å². The molecule has 0 saturated carbocycles. The van der Waals surface area contributed by atoms with E-state index >= 15 is 0 Å². The molecule has 3 saturated heterocycles. The Morgan fingerprint density at radius 3 is 1.34 bits per heavy atom. The van der Waals surface area contributed by atoms with Gasteiger partial charge in [-0.1, -0.05) is 57.2 Å². The van der Waals surface area contributed by atoms with Crippen molar-refractivity contribution in [1.82, 2.24) is 35.0 Å². The number of hydrogen-bond donors (Lipinski definition) is 7. The highest BCUT2D eigenvalue weighted by atomic mass is 16.2. The van der Waals surface area contributed by atoms with Gasteiger partial charge in [0.1, 0.15) is 5.78 Å². The Balaban J connectivity index is 0.000000131. The van der Waals surface area contributed by atoms with Gasteiger partial charge in [-0.2, -0.15) is 0 Å². The fourth-order valence-electron chi connectivity index (χ4n) is 15.0. The van der Waals surface area contributed by atoms with E-state index in [9.17, 15) is 19.2 Å². The van der Waals surface area contributed by atoms with E-state index in [1.165, 1.54) is 66.1 Å². The van der Waals surface area contributed by atoms with Gasteiger partial charge in [0.25, 0.3) is 0 Å². The number of aromatic amines is 3. The zero-order valence-electron chi connectivity index (χ0n) is 45.4. The zero-order chi connectivity index (χ0) is 53.0. The van der Waals surface area contributed by atoms with Gasteiger partial charge in [0, 0.05) is 138 Å². The summed E-state index contributed by atoms with van der Waals surface area (Å²) in [6.07, 6.45) is 17.6. The van der Waals surface area contributed by atoms with Crippen molar-refractivity contribution in [2.24, 2.45) is 35.0 Å². The fraction of sp³-hybridized carbons (Fsp3) is 0.548. The summed E-state index contributed by atoms with van der Waals surface area (Å²) < 4.78 is 0. The van der Waals surface area contributed by atoms with Crippen LogP contribution in [-0.4, -0.2) is 136 Å². The van der Waals surface area contributed by atoms with Crippen molar-refractivity contribution < 1.29 is 19.2 Å². The summed E-state index contributed by atoms with van der Waals surface area (Å²) in [5, 5.41) is 7.34. The summed E-state index contributed by atoms with van der Waals surface area (Å²) >= 11 is 0. The monoisotopic (exact) mass is 1030 g/mol. The van der Waals surface area contributed by atoms with Crippen LogP contribution < -0.4 is 22.5 Å². The molecule has 6 heterocycles. The Morgan fingerprint density at radius 1 is 0.539 bits per heavy atom. The van der Waals surface area contributed by atoms with E-state index in [1.54, 1.807) is 0 Å². The molecule has 12 rings (SSSR count). The first-order chi connectivity index (χ1) is 37.0. The van der Waals surface area contributed by atoms with E-state index in [1.807, 2.05) is 0 Å². The van der Waals surface area contributed by atoms with Crippen molar-refractivity contribution in [2.45, 2.75) is 134 Å². The van der Waals surface area contributed by atoms with E-state index in [0.29, 0.717) is 67.6 Å². The molecule has 0 radical (unpaired) electrons. The minimum atomic E-state index is 0.0203. The number of H-pyrrole nitrogens is 3. The van der Waals surface area contributed by atoms with Crippen LogP contribution in [0, 0.1) is 17.8 Å². The summed E-state index contributed by atoms with van der Waals surface area (Å²) in [5.41, 5.74) is 29.0. The molecule has 76 heavy (non-hydrogen) atoms. The van der Waals surface area contributed by atoms with Gasteiger partial charge in [-0.15, -0.1) is 0 Å². The molecule has 3 aromatic heterocycles. The van der Waals surface area contributed by atoms with Gasteiger partial charge in [-0.05, 0) is 141 Å². The van der Waals surface area contributed by atoms with E-state index in [0.717, 1.165) is 97.1 Å². The second-order valence-electron chi connectivity index (χ2n) is 23.1. The first-order valence-electron chi connectivity index (χ1n) is 29.0. The number of amides is 1. The number of nitrogens with one attached hydrogen (secondary N) is 4. The molecule has 14 nitrogen and oxygen atoms in total. The molecule has 9 atom stereocenters.